The second kappa shape index (κ2) is 7.39. The van der Waals surface area contributed by atoms with Crippen LogP contribution in [-0.4, -0.2) is 20.1 Å². The number of pyridine rings is 2. The smallest absolute Gasteiger partial charge is 0.374 e. The van der Waals surface area contributed by atoms with Crippen molar-refractivity contribution in [1.82, 2.24) is 20.1 Å². The molecule has 0 bridgehead atoms. The van der Waals surface area contributed by atoms with Crippen molar-refractivity contribution >= 4 is 17.1 Å². The molecule has 9 nitrogen and oxygen atoms in total. The third-order valence-corrected chi connectivity index (χ3v) is 4.04. The third kappa shape index (κ3) is 3.74. The van der Waals surface area contributed by atoms with Gasteiger partial charge in [-0.2, -0.15) is 18.2 Å². The van der Waals surface area contributed by atoms with Crippen LogP contribution in [0.4, 0.5) is 30.2 Å². The topological polar surface area (TPSA) is 123 Å². The van der Waals surface area contributed by atoms with Gasteiger partial charge in [-0.1, -0.05) is 5.16 Å². The third-order valence-electron chi connectivity index (χ3n) is 4.04. The molecule has 0 amide bonds. The maximum Gasteiger partial charge on any atom is 0.471 e. The highest BCUT2D eigenvalue weighted by molar-refractivity contribution is 5.78. The van der Waals surface area contributed by atoms with Crippen molar-refractivity contribution in [2.45, 2.75) is 12.7 Å². The summed E-state index contributed by atoms with van der Waals surface area (Å²) in [6.45, 7) is 0.104. The minimum absolute atomic E-state index is 0.104. The first-order valence-electron chi connectivity index (χ1n) is 8.43. The van der Waals surface area contributed by atoms with Gasteiger partial charge in [0.05, 0.1) is 24.1 Å². The maximum absolute atomic E-state index is 12.5. The van der Waals surface area contributed by atoms with E-state index in [-0.39, 0.29) is 29.3 Å². The summed E-state index contributed by atoms with van der Waals surface area (Å²) in [5.41, 5.74) is 0.170. The molecule has 0 aliphatic heterocycles. The Kier molecular flexibility index (Phi) is 4.74. The van der Waals surface area contributed by atoms with Crippen molar-refractivity contribution in [2.24, 2.45) is 0 Å². The van der Waals surface area contributed by atoms with E-state index in [1.165, 1.54) is 24.5 Å². The summed E-state index contributed by atoms with van der Waals surface area (Å²) in [5, 5.41) is 8.95. The summed E-state index contributed by atoms with van der Waals surface area (Å²) >= 11 is 0. The van der Waals surface area contributed by atoms with E-state index in [4.69, 9.17) is 0 Å². The Morgan fingerprint density at radius 1 is 1.03 bits per heavy atom. The van der Waals surface area contributed by atoms with E-state index in [2.05, 4.69) is 35.3 Å². The van der Waals surface area contributed by atoms with E-state index in [0.29, 0.717) is 11.4 Å². The van der Waals surface area contributed by atoms with Crippen molar-refractivity contribution in [2.75, 3.05) is 10.6 Å². The zero-order valence-corrected chi connectivity index (χ0v) is 14.9. The fraction of sp³-hybridized carbons (Fsp3) is 0.111. The van der Waals surface area contributed by atoms with Crippen molar-refractivity contribution in [1.29, 1.82) is 0 Å². The number of nitrogens with one attached hydrogen (secondary N) is 2. The first-order chi connectivity index (χ1) is 14.3. The number of rotatable bonds is 6. The number of halogens is 3. The SMILES string of the molecule is O=c1c(NCc2ccc(-c3noc(C(F)(F)F)n3)cn2)c(Nc2cccnc2)c1=O. The van der Waals surface area contributed by atoms with Crippen LogP contribution in [0, 0.1) is 0 Å². The number of hydrogen-bond donors (Lipinski definition) is 2. The summed E-state index contributed by atoms with van der Waals surface area (Å²) in [6, 6.07) is 6.35. The zero-order chi connectivity index (χ0) is 21.3. The van der Waals surface area contributed by atoms with Crippen molar-refractivity contribution in [3.05, 3.63) is 74.9 Å². The molecule has 4 aromatic rings. The predicted octanol–water partition coefficient (Wildman–Crippen LogP) is 2.50. The standard InChI is InChI=1S/C18H11F3N6O3/c19-18(20,21)17-26-16(27-30-17)9-3-4-10(23-6-9)8-24-12-13(15(29)14(12)28)25-11-2-1-5-22-7-11/h1-7,24-25H,8H2. The molecule has 0 radical (unpaired) electrons. The van der Waals surface area contributed by atoms with Gasteiger partial charge in [0.25, 0.3) is 10.9 Å². The van der Waals surface area contributed by atoms with Gasteiger partial charge in [-0.25, -0.2) is 0 Å². The quantitative estimate of drug-likeness (QED) is 0.456. The van der Waals surface area contributed by atoms with E-state index in [9.17, 15) is 22.8 Å². The van der Waals surface area contributed by atoms with Crippen LogP contribution < -0.4 is 21.5 Å². The molecule has 0 aliphatic rings. The molecule has 1 aromatic carbocycles. The molecule has 30 heavy (non-hydrogen) atoms. The van der Waals surface area contributed by atoms with Gasteiger partial charge in [0.2, 0.25) is 5.82 Å². The lowest BCUT2D eigenvalue weighted by Crippen LogP contribution is -2.36. The molecule has 12 heteroatoms. The Labute approximate surface area is 165 Å². The van der Waals surface area contributed by atoms with E-state index < -0.39 is 22.9 Å². The number of hydrogen-bond acceptors (Lipinski definition) is 9. The van der Waals surface area contributed by atoms with Crippen LogP contribution in [0.5, 0.6) is 0 Å². The first kappa shape index (κ1) is 19.2. The molecule has 3 heterocycles. The minimum atomic E-state index is -4.73. The van der Waals surface area contributed by atoms with Crippen LogP contribution in [0.15, 0.2) is 57.0 Å². The van der Waals surface area contributed by atoms with Crippen LogP contribution in [0.2, 0.25) is 0 Å². The van der Waals surface area contributed by atoms with E-state index >= 15 is 0 Å². The van der Waals surface area contributed by atoms with Gasteiger partial charge in [-0.3, -0.25) is 19.6 Å². The summed E-state index contributed by atoms with van der Waals surface area (Å²) in [5.74, 6) is -1.70. The fourth-order valence-corrected chi connectivity index (χ4v) is 2.56. The van der Waals surface area contributed by atoms with Crippen LogP contribution in [0.3, 0.4) is 0 Å². The van der Waals surface area contributed by atoms with Gasteiger partial charge in [0.1, 0.15) is 11.4 Å². The second-order valence-electron chi connectivity index (χ2n) is 6.09. The van der Waals surface area contributed by atoms with Crippen molar-refractivity contribution < 1.29 is 17.7 Å². The summed E-state index contributed by atoms with van der Waals surface area (Å²) in [7, 11) is 0. The Morgan fingerprint density at radius 2 is 1.83 bits per heavy atom. The van der Waals surface area contributed by atoms with Gasteiger partial charge < -0.3 is 15.2 Å². The highest BCUT2D eigenvalue weighted by Crippen LogP contribution is 2.29. The molecule has 3 aromatic heterocycles. The van der Waals surface area contributed by atoms with Gasteiger partial charge in [-0.15, -0.1) is 0 Å². The molecule has 0 unspecified atom stereocenters. The lowest BCUT2D eigenvalue weighted by Gasteiger charge is -2.14. The number of nitrogens with zero attached hydrogens (tertiary/aromatic N) is 4. The largest absolute Gasteiger partial charge is 0.471 e. The maximum atomic E-state index is 12.5. The monoisotopic (exact) mass is 416 g/mol. The molecule has 0 aliphatic carbocycles. The molecular formula is C18H11F3N6O3. The van der Waals surface area contributed by atoms with E-state index in [1.807, 2.05) is 0 Å². The Hall–Kier alpha value is -4.09. The molecule has 0 saturated carbocycles. The zero-order valence-electron chi connectivity index (χ0n) is 14.9. The average Bonchev–Trinajstić information content (AvgIpc) is 3.25. The predicted molar refractivity (Wildman–Crippen MR) is 98.7 cm³/mol. The lowest BCUT2D eigenvalue weighted by atomic mass is 10.1. The van der Waals surface area contributed by atoms with Crippen molar-refractivity contribution in [3.63, 3.8) is 0 Å². The fourth-order valence-electron chi connectivity index (χ4n) is 2.56. The molecule has 0 fully saturated rings. The van der Waals surface area contributed by atoms with Gasteiger partial charge >= 0.3 is 12.1 Å². The molecule has 0 spiro atoms. The van der Waals surface area contributed by atoms with Crippen LogP contribution in [-0.2, 0) is 12.7 Å². The summed E-state index contributed by atoms with van der Waals surface area (Å²) in [6.07, 6.45) is -0.382. The normalized spacial score (nSPS) is 11.6. The number of aromatic nitrogens is 4. The number of alkyl halides is 3. The van der Waals surface area contributed by atoms with Crippen molar-refractivity contribution in [3.8, 4) is 11.4 Å². The summed E-state index contributed by atoms with van der Waals surface area (Å²) < 4.78 is 41.8. The molecule has 152 valence electrons. The van der Waals surface area contributed by atoms with Gasteiger partial charge in [0, 0.05) is 18.0 Å². The first-order valence-corrected chi connectivity index (χ1v) is 8.43. The Bertz CT molecular complexity index is 1250. The molecular weight excluding hydrogens is 405 g/mol. The van der Waals surface area contributed by atoms with Crippen LogP contribution in [0.1, 0.15) is 11.6 Å². The van der Waals surface area contributed by atoms with Gasteiger partial charge in [-0.05, 0) is 24.3 Å². The van der Waals surface area contributed by atoms with Crippen LogP contribution >= 0.6 is 0 Å². The number of anilines is 3. The highest BCUT2D eigenvalue weighted by Gasteiger charge is 2.38. The molecule has 0 atom stereocenters. The molecule has 0 saturated heterocycles. The van der Waals surface area contributed by atoms with Gasteiger partial charge in [0.15, 0.2) is 0 Å². The minimum Gasteiger partial charge on any atom is -0.374 e. The molecule has 4 rings (SSSR count). The molecule has 2 N–H and O–H groups in total. The highest BCUT2D eigenvalue weighted by atomic mass is 19.4. The summed E-state index contributed by atoms with van der Waals surface area (Å²) in [4.78, 5) is 35.0. The van der Waals surface area contributed by atoms with E-state index in [1.54, 1.807) is 18.3 Å². The second-order valence-corrected chi connectivity index (χ2v) is 6.09. The van der Waals surface area contributed by atoms with E-state index in [0.717, 1.165) is 0 Å². The van der Waals surface area contributed by atoms with Crippen LogP contribution in [0.25, 0.3) is 11.4 Å². The average molecular weight is 416 g/mol. The lowest BCUT2D eigenvalue weighted by molar-refractivity contribution is -0.159. The Morgan fingerprint density at radius 3 is 2.47 bits per heavy atom. The Balaban J connectivity index is 1.44.